The van der Waals surface area contributed by atoms with Gasteiger partial charge in [0, 0.05) is 4.70 Å². The van der Waals surface area contributed by atoms with Crippen LogP contribution in [0.4, 0.5) is 5.69 Å². The molecule has 3 aromatic rings. The Hall–Kier alpha value is -2.38. The van der Waals surface area contributed by atoms with Crippen molar-refractivity contribution in [3.63, 3.8) is 0 Å². The molecule has 0 bridgehead atoms. The van der Waals surface area contributed by atoms with E-state index in [-0.39, 0.29) is 15.5 Å². The van der Waals surface area contributed by atoms with Crippen molar-refractivity contribution in [1.29, 1.82) is 0 Å². The third-order valence-corrected chi connectivity index (χ3v) is 7.49. The smallest absolute Gasteiger partial charge is 0.337 e. The van der Waals surface area contributed by atoms with E-state index in [0.29, 0.717) is 11.5 Å². The lowest BCUT2D eigenvalue weighted by Gasteiger charge is -2.10. The lowest BCUT2D eigenvalue weighted by molar-refractivity contribution is 0.0698. The first-order valence-corrected chi connectivity index (χ1v) is 10.4. The minimum Gasteiger partial charge on any atom is -0.478 e. The number of nitrogens with one attached hydrogen (secondary N) is 1. The molecule has 2 N–H and O–H groups in total. The first-order chi connectivity index (χ1) is 12.2. The zero-order valence-electron chi connectivity index (χ0n) is 14.6. The van der Waals surface area contributed by atoms with Crippen LogP contribution in [0.15, 0.2) is 46.7 Å². The second-order valence-corrected chi connectivity index (χ2v) is 9.31. The van der Waals surface area contributed by atoms with E-state index in [4.69, 9.17) is 0 Å². The molecular weight excluding hydrogens is 370 g/mol. The summed E-state index contributed by atoms with van der Waals surface area (Å²) in [6.45, 7) is 5.95. The normalized spacial score (nSPS) is 11.8. The molecule has 2 aromatic carbocycles. The van der Waals surface area contributed by atoms with E-state index < -0.39 is 16.0 Å². The molecule has 0 aliphatic rings. The summed E-state index contributed by atoms with van der Waals surface area (Å²) in [5.74, 6) is -0.836. The fourth-order valence-corrected chi connectivity index (χ4v) is 5.61. The Morgan fingerprint density at radius 2 is 1.85 bits per heavy atom. The van der Waals surface area contributed by atoms with Crippen LogP contribution in [-0.2, 0) is 10.0 Å². The second kappa shape index (κ2) is 6.74. The minimum absolute atomic E-state index is 0.0553. The summed E-state index contributed by atoms with van der Waals surface area (Å²) in [4.78, 5) is 11.3. The average Bonchev–Trinajstić information content (AvgIpc) is 2.92. The number of anilines is 1. The number of hydrogen-bond donors (Lipinski definition) is 2. The zero-order valence-corrected chi connectivity index (χ0v) is 16.2. The minimum atomic E-state index is -3.89. The number of hydrogen-bond acceptors (Lipinski definition) is 4. The average molecular weight is 389 g/mol. The fourth-order valence-electron chi connectivity index (χ4n) is 2.78. The molecule has 0 amide bonds. The predicted molar refractivity (Wildman–Crippen MR) is 105 cm³/mol. The number of carboxylic acid groups (broad SMARTS) is 1. The zero-order chi connectivity index (χ0) is 19.1. The highest BCUT2D eigenvalue weighted by molar-refractivity contribution is 7.94. The van der Waals surface area contributed by atoms with Crippen LogP contribution in [0.3, 0.4) is 0 Å². The highest BCUT2D eigenvalue weighted by Gasteiger charge is 2.24. The number of para-hydroxylation sites is 1. The molecule has 26 heavy (non-hydrogen) atoms. The Morgan fingerprint density at radius 3 is 2.50 bits per heavy atom. The lowest BCUT2D eigenvalue weighted by Crippen LogP contribution is -2.15. The molecular formula is C19H19NO4S2. The Bertz CT molecular complexity index is 1100. The van der Waals surface area contributed by atoms with Gasteiger partial charge in [-0.1, -0.05) is 32.0 Å². The lowest BCUT2D eigenvalue weighted by atomic mass is 10.0. The Morgan fingerprint density at radius 1 is 1.15 bits per heavy atom. The number of aromatic carboxylic acids is 1. The molecule has 136 valence electrons. The summed E-state index contributed by atoms with van der Waals surface area (Å²) in [6, 6.07) is 11.9. The van der Waals surface area contributed by atoms with E-state index >= 15 is 0 Å². The van der Waals surface area contributed by atoms with E-state index in [1.807, 2.05) is 18.2 Å². The third-order valence-electron chi connectivity index (χ3n) is 4.23. The number of sulfonamides is 1. The topological polar surface area (TPSA) is 83.5 Å². The van der Waals surface area contributed by atoms with Gasteiger partial charge in [-0.25, -0.2) is 13.2 Å². The van der Waals surface area contributed by atoms with E-state index in [0.717, 1.165) is 15.6 Å². The summed E-state index contributed by atoms with van der Waals surface area (Å²) in [5, 5.41) is 10.2. The van der Waals surface area contributed by atoms with Crippen molar-refractivity contribution in [2.45, 2.75) is 30.9 Å². The summed E-state index contributed by atoms with van der Waals surface area (Å²) < 4.78 is 29.3. The molecule has 1 heterocycles. The van der Waals surface area contributed by atoms with Crippen LogP contribution in [0.5, 0.6) is 0 Å². The fraction of sp³-hybridized carbons (Fsp3) is 0.211. The molecule has 1 aromatic heterocycles. The monoisotopic (exact) mass is 389 g/mol. The largest absolute Gasteiger partial charge is 0.478 e. The van der Waals surface area contributed by atoms with Crippen LogP contribution in [-0.4, -0.2) is 19.5 Å². The highest BCUT2D eigenvalue weighted by Crippen LogP contribution is 2.36. The van der Waals surface area contributed by atoms with Crippen molar-refractivity contribution in [2.75, 3.05) is 4.72 Å². The molecule has 0 radical (unpaired) electrons. The molecule has 0 atom stereocenters. The van der Waals surface area contributed by atoms with Gasteiger partial charge in [-0.3, -0.25) is 4.72 Å². The van der Waals surface area contributed by atoms with Crippen LogP contribution in [0, 0.1) is 6.92 Å². The molecule has 0 unspecified atom stereocenters. The molecule has 0 aliphatic heterocycles. The standard InChI is InChI=1S/C19H19NO4S2/c1-11(2)13-8-9-17-15(10-13)12(3)19(25-17)26(23,24)20-16-7-5-4-6-14(16)18(21)22/h4-11,20H,1-3H3,(H,21,22). The van der Waals surface area contributed by atoms with Gasteiger partial charge >= 0.3 is 5.97 Å². The van der Waals surface area contributed by atoms with Gasteiger partial charge in [0.15, 0.2) is 0 Å². The van der Waals surface area contributed by atoms with Crippen LogP contribution >= 0.6 is 11.3 Å². The van der Waals surface area contributed by atoms with Gasteiger partial charge in [0.1, 0.15) is 4.21 Å². The molecule has 3 rings (SSSR count). The van der Waals surface area contributed by atoms with Gasteiger partial charge < -0.3 is 5.11 Å². The van der Waals surface area contributed by atoms with Gasteiger partial charge in [-0.2, -0.15) is 0 Å². The SMILES string of the molecule is Cc1c(S(=O)(=O)Nc2ccccc2C(=O)O)sc2ccc(C(C)C)cc12. The Kier molecular flexibility index (Phi) is 4.77. The number of carboxylic acids is 1. The number of carbonyl (C=O) groups is 1. The van der Waals surface area contributed by atoms with E-state index in [1.165, 1.54) is 23.5 Å². The summed E-state index contributed by atoms with van der Waals surface area (Å²) in [6.07, 6.45) is 0. The van der Waals surface area contributed by atoms with Crippen molar-refractivity contribution in [3.8, 4) is 0 Å². The number of thiophene rings is 1. The number of aryl methyl sites for hydroxylation is 1. The van der Waals surface area contributed by atoms with Gasteiger partial charge in [0.05, 0.1) is 11.3 Å². The van der Waals surface area contributed by atoms with E-state index in [1.54, 1.807) is 19.1 Å². The maximum Gasteiger partial charge on any atom is 0.337 e. The van der Waals surface area contributed by atoms with Gasteiger partial charge in [-0.15, -0.1) is 11.3 Å². The summed E-state index contributed by atoms with van der Waals surface area (Å²) in [5.41, 5.74) is 1.79. The quantitative estimate of drug-likeness (QED) is 0.654. The second-order valence-electron chi connectivity index (χ2n) is 6.38. The molecule has 7 heteroatoms. The maximum absolute atomic E-state index is 12.9. The van der Waals surface area contributed by atoms with Crippen molar-refractivity contribution in [1.82, 2.24) is 0 Å². The number of rotatable bonds is 5. The molecule has 0 spiro atoms. The molecule has 0 aliphatic carbocycles. The third kappa shape index (κ3) is 3.32. The predicted octanol–water partition coefficient (Wildman–Crippen LogP) is 4.83. The molecule has 0 fully saturated rings. The van der Waals surface area contributed by atoms with Gasteiger partial charge in [-0.05, 0) is 53.6 Å². The van der Waals surface area contributed by atoms with Crippen molar-refractivity contribution in [3.05, 3.63) is 59.2 Å². The van der Waals surface area contributed by atoms with Crippen LogP contribution in [0.2, 0.25) is 0 Å². The van der Waals surface area contributed by atoms with Gasteiger partial charge in [0.25, 0.3) is 10.0 Å². The van der Waals surface area contributed by atoms with Crippen molar-refractivity contribution < 1.29 is 18.3 Å². The van der Waals surface area contributed by atoms with Crippen molar-refractivity contribution in [2.24, 2.45) is 0 Å². The van der Waals surface area contributed by atoms with Crippen LogP contribution in [0.25, 0.3) is 10.1 Å². The Labute approximate surface area is 156 Å². The number of fused-ring (bicyclic) bond motifs is 1. The molecule has 0 saturated heterocycles. The first-order valence-electron chi connectivity index (χ1n) is 8.09. The number of benzene rings is 2. The summed E-state index contributed by atoms with van der Waals surface area (Å²) in [7, 11) is -3.89. The maximum atomic E-state index is 12.9. The van der Waals surface area contributed by atoms with Crippen LogP contribution in [0.1, 0.15) is 41.3 Å². The van der Waals surface area contributed by atoms with E-state index in [2.05, 4.69) is 18.6 Å². The van der Waals surface area contributed by atoms with Crippen molar-refractivity contribution >= 4 is 43.1 Å². The molecule has 0 saturated carbocycles. The van der Waals surface area contributed by atoms with Crippen LogP contribution < -0.4 is 4.72 Å². The summed E-state index contributed by atoms with van der Waals surface area (Å²) >= 11 is 1.19. The highest BCUT2D eigenvalue weighted by atomic mass is 32.2. The van der Waals surface area contributed by atoms with E-state index in [9.17, 15) is 18.3 Å². The molecule has 5 nitrogen and oxygen atoms in total. The van der Waals surface area contributed by atoms with Gasteiger partial charge in [0.2, 0.25) is 0 Å². The Balaban J connectivity index is 2.08. The first kappa shape index (κ1) is 18.4.